The fraction of sp³-hybridized carbons (Fsp3) is 0.308. The van der Waals surface area contributed by atoms with Gasteiger partial charge < -0.3 is 15.6 Å². The Kier molecular flexibility index (Phi) is 5.61. The first kappa shape index (κ1) is 21.7. The number of benzene rings is 1. The summed E-state index contributed by atoms with van der Waals surface area (Å²) in [5.74, 6) is 0.0269. The summed E-state index contributed by atoms with van der Waals surface area (Å²) in [5, 5.41) is 7.15. The standard InChI is InChI=1S/C26H26FN7O/c27-22-11-17(33-26(35)34(14-18-3-1-10-29-18)19-4-2-9-28-12-19)7-8-20(22)24-23-21(16-5-6-16)13-30-25(23)32-15-31-24/h2,4,7-9,11-13,15-16,18,29H,1,3,5-6,10,14H2,(H,33,35)(H,30,31,32). The molecule has 1 saturated carbocycles. The molecule has 9 heteroatoms. The largest absolute Gasteiger partial charge is 0.346 e. The molecule has 8 nitrogen and oxygen atoms in total. The van der Waals surface area contributed by atoms with E-state index < -0.39 is 5.82 Å². The zero-order chi connectivity index (χ0) is 23.8. The van der Waals surface area contributed by atoms with Crippen LogP contribution in [0.2, 0.25) is 0 Å². The van der Waals surface area contributed by atoms with E-state index in [0.717, 1.165) is 43.2 Å². The van der Waals surface area contributed by atoms with Crippen molar-refractivity contribution in [2.45, 2.75) is 37.6 Å². The van der Waals surface area contributed by atoms with Crippen LogP contribution in [-0.4, -0.2) is 45.1 Å². The van der Waals surface area contributed by atoms with Crippen molar-refractivity contribution in [3.8, 4) is 11.3 Å². The Bertz CT molecular complexity index is 1360. The quantitative estimate of drug-likeness (QED) is 0.374. The van der Waals surface area contributed by atoms with Gasteiger partial charge in [-0.05, 0) is 74.0 Å². The smallest absolute Gasteiger partial charge is 0.326 e. The van der Waals surface area contributed by atoms with Crippen molar-refractivity contribution < 1.29 is 9.18 Å². The van der Waals surface area contributed by atoms with Crippen LogP contribution in [0.3, 0.4) is 0 Å². The van der Waals surface area contributed by atoms with Crippen molar-refractivity contribution in [3.05, 3.63) is 66.6 Å². The summed E-state index contributed by atoms with van der Waals surface area (Å²) in [6, 6.07) is 8.25. The number of hydrogen-bond acceptors (Lipinski definition) is 5. The number of H-pyrrole nitrogens is 1. The van der Waals surface area contributed by atoms with E-state index in [4.69, 9.17) is 0 Å². The zero-order valence-corrected chi connectivity index (χ0v) is 19.2. The average molecular weight is 472 g/mol. The molecule has 1 unspecified atom stereocenters. The van der Waals surface area contributed by atoms with E-state index in [2.05, 4.69) is 30.6 Å². The highest BCUT2D eigenvalue weighted by Crippen LogP contribution is 2.45. The van der Waals surface area contributed by atoms with Crippen molar-refractivity contribution in [2.75, 3.05) is 23.3 Å². The number of nitrogens with zero attached hydrogens (tertiary/aromatic N) is 4. The molecule has 1 saturated heterocycles. The molecule has 6 rings (SSSR count). The molecular weight excluding hydrogens is 445 g/mol. The maximum atomic E-state index is 15.4. The van der Waals surface area contributed by atoms with Gasteiger partial charge in [0.2, 0.25) is 0 Å². The SMILES string of the molecule is O=C(Nc1ccc(-c2ncnc3[nH]cc(C4CC4)c23)c(F)c1)N(CC1CCCN1)c1cccnc1. The van der Waals surface area contributed by atoms with Gasteiger partial charge in [-0.15, -0.1) is 0 Å². The molecule has 0 spiro atoms. The molecule has 0 radical (unpaired) electrons. The minimum absolute atomic E-state index is 0.210. The number of rotatable bonds is 6. The van der Waals surface area contributed by atoms with E-state index in [-0.39, 0.29) is 12.1 Å². The summed E-state index contributed by atoms with van der Waals surface area (Å²) in [4.78, 5) is 31.0. The number of nitrogens with one attached hydrogen (secondary N) is 3. The number of aromatic amines is 1. The Morgan fingerprint density at radius 3 is 2.86 bits per heavy atom. The van der Waals surface area contributed by atoms with Gasteiger partial charge >= 0.3 is 6.03 Å². The number of hydrogen-bond donors (Lipinski definition) is 3. The number of carbonyl (C=O) groups excluding carboxylic acids is 1. The van der Waals surface area contributed by atoms with E-state index in [1.54, 1.807) is 35.5 Å². The van der Waals surface area contributed by atoms with Crippen molar-refractivity contribution in [1.29, 1.82) is 0 Å². The molecule has 35 heavy (non-hydrogen) atoms. The summed E-state index contributed by atoms with van der Waals surface area (Å²) in [5.41, 5.74) is 3.88. The fourth-order valence-electron chi connectivity index (χ4n) is 4.84. The molecule has 3 aromatic heterocycles. The number of fused-ring (bicyclic) bond motifs is 1. The molecule has 3 N–H and O–H groups in total. The molecule has 1 atom stereocenters. The Hall–Kier alpha value is -3.85. The number of amides is 2. The van der Waals surface area contributed by atoms with E-state index in [0.29, 0.717) is 40.7 Å². The highest BCUT2D eigenvalue weighted by Gasteiger charge is 2.29. The van der Waals surface area contributed by atoms with Crippen LogP contribution < -0.4 is 15.5 Å². The molecule has 2 aliphatic rings. The monoisotopic (exact) mass is 471 g/mol. The van der Waals surface area contributed by atoms with Gasteiger partial charge in [-0.3, -0.25) is 9.88 Å². The first-order valence-corrected chi connectivity index (χ1v) is 12.0. The minimum Gasteiger partial charge on any atom is -0.346 e. The number of urea groups is 1. The third-order valence-corrected chi connectivity index (χ3v) is 6.76. The van der Waals surface area contributed by atoms with Gasteiger partial charge in [0.05, 0.1) is 17.6 Å². The molecule has 0 bridgehead atoms. The van der Waals surface area contributed by atoms with Crippen molar-refractivity contribution in [1.82, 2.24) is 25.3 Å². The van der Waals surface area contributed by atoms with Gasteiger partial charge in [-0.1, -0.05) is 0 Å². The zero-order valence-electron chi connectivity index (χ0n) is 19.2. The van der Waals surface area contributed by atoms with Crippen molar-refractivity contribution in [2.24, 2.45) is 0 Å². The van der Waals surface area contributed by atoms with Gasteiger partial charge in [-0.25, -0.2) is 19.2 Å². The minimum atomic E-state index is -0.448. The Morgan fingerprint density at radius 1 is 1.20 bits per heavy atom. The lowest BCUT2D eigenvalue weighted by Crippen LogP contribution is -2.43. The predicted octanol–water partition coefficient (Wildman–Crippen LogP) is 4.83. The lowest BCUT2D eigenvalue weighted by molar-refractivity contribution is 0.256. The van der Waals surface area contributed by atoms with E-state index in [9.17, 15) is 4.79 Å². The Balaban J connectivity index is 1.27. The number of anilines is 2. The first-order valence-electron chi connectivity index (χ1n) is 12.0. The van der Waals surface area contributed by atoms with Crippen LogP contribution in [0, 0.1) is 5.82 Å². The summed E-state index contributed by atoms with van der Waals surface area (Å²) in [7, 11) is 0. The van der Waals surface area contributed by atoms with Gasteiger partial charge in [0.1, 0.15) is 17.8 Å². The van der Waals surface area contributed by atoms with Crippen LogP contribution in [0.25, 0.3) is 22.3 Å². The van der Waals surface area contributed by atoms with Gasteiger partial charge in [0.25, 0.3) is 0 Å². The average Bonchev–Trinajstić information content (AvgIpc) is 3.40. The predicted molar refractivity (Wildman–Crippen MR) is 133 cm³/mol. The van der Waals surface area contributed by atoms with Crippen LogP contribution in [0.15, 0.2) is 55.2 Å². The van der Waals surface area contributed by atoms with Crippen molar-refractivity contribution in [3.63, 3.8) is 0 Å². The van der Waals surface area contributed by atoms with Crippen LogP contribution in [-0.2, 0) is 0 Å². The molecule has 1 aromatic carbocycles. The van der Waals surface area contributed by atoms with Gasteiger partial charge in [-0.2, -0.15) is 0 Å². The highest BCUT2D eigenvalue weighted by atomic mass is 19.1. The fourth-order valence-corrected chi connectivity index (χ4v) is 4.84. The number of aromatic nitrogens is 4. The first-order chi connectivity index (χ1) is 17.2. The summed E-state index contributed by atoms with van der Waals surface area (Å²) >= 11 is 0. The second-order valence-electron chi connectivity index (χ2n) is 9.20. The Labute approximate surface area is 202 Å². The lowest BCUT2D eigenvalue weighted by atomic mass is 10.0. The number of pyridine rings is 1. The normalized spacial score (nSPS) is 17.6. The highest BCUT2D eigenvalue weighted by molar-refractivity contribution is 6.02. The summed E-state index contributed by atoms with van der Waals surface area (Å²) in [6.07, 6.45) is 11.1. The molecular formula is C26H26FN7O. The third-order valence-electron chi connectivity index (χ3n) is 6.76. The lowest BCUT2D eigenvalue weighted by Gasteiger charge is -2.26. The molecule has 4 heterocycles. The summed E-state index contributed by atoms with van der Waals surface area (Å²) < 4.78 is 15.4. The van der Waals surface area contributed by atoms with E-state index in [1.807, 2.05) is 12.3 Å². The molecule has 178 valence electrons. The summed E-state index contributed by atoms with van der Waals surface area (Å²) in [6.45, 7) is 1.45. The molecule has 2 fully saturated rings. The van der Waals surface area contributed by atoms with E-state index in [1.165, 1.54) is 12.4 Å². The topological polar surface area (TPSA) is 98.8 Å². The van der Waals surface area contributed by atoms with Crippen LogP contribution in [0.4, 0.5) is 20.6 Å². The molecule has 1 aliphatic heterocycles. The number of halogens is 1. The number of carbonyl (C=O) groups is 1. The van der Waals surface area contributed by atoms with Crippen LogP contribution >= 0.6 is 0 Å². The van der Waals surface area contributed by atoms with E-state index >= 15 is 4.39 Å². The Morgan fingerprint density at radius 2 is 2.11 bits per heavy atom. The maximum Gasteiger partial charge on any atom is 0.326 e. The van der Waals surface area contributed by atoms with Crippen LogP contribution in [0.5, 0.6) is 0 Å². The van der Waals surface area contributed by atoms with Gasteiger partial charge in [0, 0.05) is 41.6 Å². The molecule has 2 amide bonds. The molecule has 4 aromatic rings. The third kappa shape index (κ3) is 4.35. The second-order valence-corrected chi connectivity index (χ2v) is 9.20. The van der Waals surface area contributed by atoms with Gasteiger partial charge in [0.15, 0.2) is 0 Å². The van der Waals surface area contributed by atoms with Crippen molar-refractivity contribution >= 4 is 28.4 Å². The molecule has 1 aliphatic carbocycles. The van der Waals surface area contributed by atoms with Crippen LogP contribution in [0.1, 0.15) is 37.2 Å². The second kappa shape index (κ2) is 9.07. The maximum absolute atomic E-state index is 15.4.